The average molecular weight is 327 g/mol. The van der Waals surface area contributed by atoms with Gasteiger partial charge in [-0.3, -0.25) is 9.09 Å². The van der Waals surface area contributed by atoms with Crippen molar-refractivity contribution in [3.8, 4) is 0 Å². The highest BCUT2D eigenvalue weighted by Gasteiger charge is 2.30. The molecule has 1 atom stereocenters. The second-order valence-electron chi connectivity index (χ2n) is 3.71. The minimum atomic E-state index is -3.54. The van der Waals surface area contributed by atoms with E-state index in [-0.39, 0.29) is 18.4 Å². The molecule has 0 aliphatic carbocycles. The zero-order valence-electron chi connectivity index (χ0n) is 10.3. The molecule has 0 radical (unpaired) electrons. The number of rotatable bonds is 9. The highest BCUT2D eigenvalue weighted by atomic mass is 35.5. The molecule has 0 saturated heterocycles. The summed E-state index contributed by atoms with van der Waals surface area (Å²) in [6, 6.07) is 9.27. The van der Waals surface area contributed by atoms with E-state index in [1.807, 2.05) is 30.3 Å². The Morgan fingerprint density at radius 2 is 1.79 bits per heavy atom. The van der Waals surface area contributed by atoms with Crippen LogP contribution in [0.1, 0.15) is 5.56 Å². The molecule has 1 rings (SSSR count). The molecule has 0 bridgehead atoms. The van der Waals surface area contributed by atoms with E-state index in [9.17, 15) is 4.57 Å². The van der Waals surface area contributed by atoms with Crippen molar-refractivity contribution in [3.63, 3.8) is 0 Å². The fourth-order valence-electron chi connectivity index (χ4n) is 1.48. The number of nitrogens with zero attached hydrogens (tertiary/aromatic N) is 1. The van der Waals surface area contributed by atoms with Crippen molar-refractivity contribution < 1.29 is 14.3 Å². The third kappa shape index (κ3) is 5.40. The predicted octanol–water partition coefficient (Wildman–Crippen LogP) is 3.07. The molecule has 1 aromatic rings. The maximum Gasteiger partial charge on any atom is 0.366 e. The number of nitrogens with one attached hydrogen (secondary N) is 1. The van der Waals surface area contributed by atoms with Crippen LogP contribution < -0.4 is 5.25 Å². The van der Waals surface area contributed by atoms with Gasteiger partial charge in [0.1, 0.15) is 0 Å². The van der Waals surface area contributed by atoms with Crippen molar-refractivity contribution in [1.29, 1.82) is 0 Å². The fraction of sp³-hybridized carbons (Fsp3) is 0.455. The van der Waals surface area contributed by atoms with Gasteiger partial charge in [0.15, 0.2) is 0 Å². The van der Waals surface area contributed by atoms with Crippen LogP contribution in [0.4, 0.5) is 0 Å². The molecule has 0 heterocycles. The maximum absolute atomic E-state index is 12.5. The minimum Gasteiger partial charge on any atom is -0.307 e. The molecule has 0 aliphatic heterocycles. The van der Waals surface area contributed by atoms with Gasteiger partial charge in [0.05, 0.1) is 6.61 Å². The van der Waals surface area contributed by atoms with Crippen LogP contribution in [0.5, 0.6) is 0 Å². The Bertz CT molecular complexity index is 402. The standard InChI is InChI=1S/C11H17Cl2N2O3P/c12-6-8-15(9-7-13)19(17,14-16)18-10-11-4-2-1-3-5-11/h1-5,16H,6-10H2,(H,14,17). The first-order valence-corrected chi connectivity index (χ1v) is 8.38. The van der Waals surface area contributed by atoms with Crippen LogP contribution in [0, 0.1) is 0 Å². The second-order valence-corrected chi connectivity index (χ2v) is 6.53. The third-order valence-corrected chi connectivity index (χ3v) is 4.65. The van der Waals surface area contributed by atoms with E-state index < -0.39 is 7.67 Å². The van der Waals surface area contributed by atoms with Crippen LogP contribution in [0.3, 0.4) is 0 Å². The number of hydrogen-bond donors (Lipinski definition) is 2. The lowest BCUT2D eigenvalue weighted by Gasteiger charge is -2.28. The Morgan fingerprint density at radius 1 is 1.21 bits per heavy atom. The first-order valence-electron chi connectivity index (χ1n) is 5.73. The van der Waals surface area contributed by atoms with Gasteiger partial charge in [-0.2, -0.15) is 0 Å². The molecular formula is C11H17Cl2N2O3P. The Balaban J connectivity index is 2.70. The summed E-state index contributed by atoms with van der Waals surface area (Å²) in [4.78, 5) is 0. The van der Waals surface area contributed by atoms with Gasteiger partial charge in [0.2, 0.25) is 0 Å². The second kappa shape index (κ2) is 8.93. The number of hydrogen-bond acceptors (Lipinski definition) is 3. The molecule has 5 nitrogen and oxygen atoms in total. The van der Waals surface area contributed by atoms with Gasteiger partial charge < -0.3 is 5.21 Å². The molecule has 0 aromatic heterocycles. The van der Waals surface area contributed by atoms with Gasteiger partial charge in [0.25, 0.3) is 0 Å². The van der Waals surface area contributed by atoms with Crippen LogP contribution in [-0.4, -0.2) is 34.7 Å². The summed E-state index contributed by atoms with van der Waals surface area (Å²) >= 11 is 11.3. The van der Waals surface area contributed by atoms with E-state index in [1.165, 1.54) is 4.67 Å². The molecule has 0 fully saturated rings. The summed E-state index contributed by atoms with van der Waals surface area (Å²) in [5.41, 5.74) is 0.856. The highest BCUT2D eigenvalue weighted by Crippen LogP contribution is 2.46. The predicted molar refractivity (Wildman–Crippen MR) is 76.8 cm³/mol. The van der Waals surface area contributed by atoms with Gasteiger partial charge in [-0.15, -0.1) is 28.5 Å². The van der Waals surface area contributed by atoms with E-state index >= 15 is 0 Å². The van der Waals surface area contributed by atoms with Crippen molar-refractivity contribution >= 4 is 30.9 Å². The van der Waals surface area contributed by atoms with Crippen molar-refractivity contribution in [3.05, 3.63) is 35.9 Å². The lowest BCUT2D eigenvalue weighted by Crippen LogP contribution is -2.31. The number of alkyl halides is 2. The van der Waals surface area contributed by atoms with E-state index in [4.69, 9.17) is 32.9 Å². The fourth-order valence-corrected chi connectivity index (χ4v) is 3.52. The topological polar surface area (TPSA) is 61.8 Å². The summed E-state index contributed by atoms with van der Waals surface area (Å²) in [6.07, 6.45) is 0. The van der Waals surface area contributed by atoms with E-state index in [2.05, 4.69) is 0 Å². The molecule has 108 valence electrons. The van der Waals surface area contributed by atoms with E-state index in [0.717, 1.165) is 5.56 Å². The summed E-state index contributed by atoms with van der Waals surface area (Å²) in [5, 5.41) is 10.9. The Kier molecular flexibility index (Phi) is 7.95. The molecule has 1 aromatic carbocycles. The minimum absolute atomic E-state index is 0.118. The summed E-state index contributed by atoms with van der Waals surface area (Å²) in [5.74, 6) is 0.522. The first kappa shape index (κ1) is 16.9. The largest absolute Gasteiger partial charge is 0.366 e. The van der Waals surface area contributed by atoms with Crippen LogP contribution in [0.2, 0.25) is 0 Å². The van der Waals surface area contributed by atoms with Crippen LogP contribution in [0.15, 0.2) is 30.3 Å². The van der Waals surface area contributed by atoms with Crippen molar-refractivity contribution in [2.45, 2.75) is 6.61 Å². The van der Waals surface area contributed by atoms with Gasteiger partial charge >= 0.3 is 7.67 Å². The van der Waals surface area contributed by atoms with Crippen molar-refractivity contribution in [2.75, 3.05) is 24.8 Å². The normalized spacial score (nSPS) is 14.5. The van der Waals surface area contributed by atoms with Gasteiger partial charge in [-0.1, -0.05) is 30.3 Å². The Labute approximate surface area is 123 Å². The molecule has 8 heteroatoms. The SMILES string of the molecule is O=P(NO)(OCc1ccccc1)N(CCCl)CCCl. The van der Waals surface area contributed by atoms with Gasteiger partial charge in [-0.25, -0.2) is 4.67 Å². The molecule has 0 aliphatic rings. The molecule has 0 amide bonds. The highest BCUT2D eigenvalue weighted by molar-refractivity contribution is 7.54. The summed E-state index contributed by atoms with van der Waals surface area (Å²) in [7, 11) is -3.54. The van der Waals surface area contributed by atoms with Crippen molar-refractivity contribution in [1.82, 2.24) is 9.92 Å². The molecule has 0 spiro atoms. The Hall–Kier alpha value is -0.130. The van der Waals surface area contributed by atoms with E-state index in [1.54, 1.807) is 5.25 Å². The third-order valence-electron chi connectivity index (χ3n) is 2.43. The van der Waals surface area contributed by atoms with E-state index in [0.29, 0.717) is 13.1 Å². The van der Waals surface area contributed by atoms with Crippen LogP contribution in [-0.2, 0) is 15.7 Å². The average Bonchev–Trinajstić information content (AvgIpc) is 2.46. The molecule has 2 N–H and O–H groups in total. The molecule has 0 saturated carbocycles. The first-order chi connectivity index (χ1) is 9.16. The van der Waals surface area contributed by atoms with Gasteiger partial charge in [0, 0.05) is 24.8 Å². The summed E-state index contributed by atoms with van der Waals surface area (Å²) < 4.78 is 19.2. The zero-order chi connectivity index (χ0) is 14.1. The molecule has 1 unspecified atom stereocenters. The smallest absolute Gasteiger partial charge is 0.307 e. The molecule has 19 heavy (non-hydrogen) atoms. The van der Waals surface area contributed by atoms with Crippen molar-refractivity contribution in [2.24, 2.45) is 0 Å². The quantitative estimate of drug-likeness (QED) is 0.415. The zero-order valence-corrected chi connectivity index (χ0v) is 12.7. The molecular weight excluding hydrogens is 310 g/mol. The van der Waals surface area contributed by atoms with Gasteiger partial charge in [-0.05, 0) is 5.56 Å². The van der Waals surface area contributed by atoms with Crippen LogP contribution in [0.25, 0.3) is 0 Å². The lowest BCUT2D eigenvalue weighted by atomic mass is 10.2. The monoisotopic (exact) mass is 326 g/mol. The number of halogens is 2. The summed E-state index contributed by atoms with van der Waals surface area (Å²) in [6.45, 7) is 0.717. The number of benzene rings is 1. The van der Waals surface area contributed by atoms with Crippen LogP contribution >= 0.6 is 30.9 Å². The maximum atomic E-state index is 12.5. The Morgan fingerprint density at radius 3 is 2.26 bits per heavy atom. The lowest BCUT2D eigenvalue weighted by molar-refractivity contribution is 0.166.